The summed E-state index contributed by atoms with van der Waals surface area (Å²) in [6, 6.07) is 4.55. The van der Waals surface area contributed by atoms with Crippen molar-refractivity contribution in [3.63, 3.8) is 0 Å². The predicted octanol–water partition coefficient (Wildman–Crippen LogP) is 1.95. The van der Waals surface area contributed by atoms with Crippen molar-refractivity contribution in [2.45, 2.75) is 6.61 Å². The Labute approximate surface area is 104 Å². The number of hydrogen-bond acceptors (Lipinski definition) is 4. The Hall–Kier alpha value is -2.08. The first kappa shape index (κ1) is 12.4. The van der Waals surface area contributed by atoms with Gasteiger partial charge >= 0.3 is 0 Å². The number of nitrogen functional groups attached to an aromatic ring is 1. The second-order valence-electron chi connectivity index (χ2n) is 3.78. The Morgan fingerprint density at radius 3 is 2.67 bits per heavy atom. The van der Waals surface area contributed by atoms with Gasteiger partial charge in [-0.2, -0.15) is 5.10 Å². The molecule has 1 heterocycles. The van der Waals surface area contributed by atoms with Crippen molar-refractivity contribution in [3.8, 4) is 17.0 Å². The van der Waals surface area contributed by atoms with Gasteiger partial charge in [-0.1, -0.05) is 0 Å². The highest BCUT2D eigenvalue weighted by atomic mass is 19.1. The minimum absolute atomic E-state index is 0.313. The lowest BCUT2D eigenvalue weighted by atomic mass is 10.1. The van der Waals surface area contributed by atoms with E-state index < -0.39 is 5.82 Å². The molecule has 6 heteroatoms. The van der Waals surface area contributed by atoms with Crippen LogP contribution in [0.1, 0.15) is 5.56 Å². The Morgan fingerprint density at radius 1 is 1.33 bits per heavy atom. The van der Waals surface area contributed by atoms with Crippen LogP contribution in [0.2, 0.25) is 0 Å². The van der Waals surface area contributed by atoms with Crippen molar-refractivity contribution in [2.75, 3.05) is 20.0 Å². The minimum Gasteiger partial charge on any atom is -0.496 e. The topological polar surface area (TPSA) is 73.2 Å². The molecule has 5 nitrogen and oxygen atoms in total. The highest BCUT2D eigenvalue weighted by molar-refractivity contribution is 5.65. The molecule has 0 atom stereocenters. The molecule has 3 N–H and O–H groups in total. The number of ether oxygens (including phenoxy) is 2. The van der Waals surface area contributed by atoms with E-state index in [9.17, 15) is 4.39 Å². The summed E-state index contributed by atoms with van der Waals surface area (Å²) in [6.45, 7) is 0.333. The van der Waals surface area contributed by atoms with Gasteiger partial charge in [-0.25, -0.2) is 4.39 Å². The lowest BCUT2D eigenvalue weighted by Crippen LogP contribution is -1.97. The molecule has 0 saturated heterocycles. The smallest absolute Gasteiger partial charge is 0.145 e. The Bertz CT molecular complexity index is 554. The molecule has 0 fully saturated rings. The van der Waals surface area contributed by atoms with Crippen molar-refractivity contribution in [1.29, 1.82) is 0 Å². The van der Waals surface area contributed by atoms with E-state index in [2.05, 4.69) is 10.2 Å². The maximum atomic E-state index is 13.9. The number of methoxy groups -OCH3 is 2. The molecule has 18 heavy (non-hydrogen) atoms. The van der Waals surface area contributed by atoms with Crippen molar-refractivity contribution in [1.82, 2.24) is 10.2 Å². The number of hydrogen-bond donors (Lipinski definition) is 2. The number of halogens is 1. The predicted molar refractivity (Wildman–Crippen MR) is 65.7 cm³/mol. The number of nitrogens with zero attached hydrogens (tertiary/aromatic N) is 1. The largest absolute Gasteiger partial charge is 0.496 e. The highest BCUT2D eigenvalue weighted by Crippen LogP contribution is 2.29. The van der Waals surface area contributed by atoms with Gasteiger partial charge in [0.15, 0.2) is 0 Å². The third kappa shape index (κ3) is 2.28. The molecule has 96 valence electrons. The summed E-state index contributed by atoms with van der Waals surface area (Å²) < 4.78 is 24.1. The minimum atomic E-state index is -0.407. The molecule has 0 spiro atoms. The zero-order valence-corrected chi connectivity index (χ0v) is 10.2. The van der Waals surface area contributed by atoms with Crippen LogP contribution < -0.4 is 10.5 Å². The van der Waals surface area contributed by atoms with E-state index in [-0.39, 0.29) is 0 Å². The third-order valence-corrected chi connectivity index (χ3v) is 2.56. The van der Waals surface area contributed by atoms with Crippen LogP contribution in [0.5, 0.6) is 5.75 Å². The molecular formula is C12H14FN3O2. The molecule has 0 unspecified atom stereocenters. The Balaban J connectivity index is 2.50. The van der Waals surface area contributed by atoms with Crippen LogP contribution in [0.15, 0.2) is 18.2 Å². The maximum Gasteiger partial charge on any atom is 0.145 e. The summed E-state index contributed by atoms with van der Waals surface area (Å²) in [6.07, 6.45) is 0. The van der Waals surface area contributed by atoms with Crippen LogP contribution in [-0.4, -0.2) is 24.4 Å². The van der Waals surface area contributed by atoms with Crippen molar-refractivity contribution in [3.05, 3.63) is 29.6 Å². The van der Waals surface area contributed by atoms with Crippen LogP contribution in [0.3, 0.4) is 0 Å². The van der Waals surface area contributed by atoms with Gasteiger partial charge in [-0.3, -0.25) is 5.10 Å². The Kier molecular flexibility index (Phi) is 3.47. The standard InChI is InChI=1S/C12H14FN3O2/c1-17-6-7-3-8(9(13)4-11(7)18-2)10-5-12(14)16-15-10/h3-5H,6H2,1-2H3,(H3,14,15,16). The van der Waals surface area contributed by atoms with E-state index in [0.29, 0.717) is 29.4 Å². The molecule has 0 amide bonds. The average Bonchev–Trinajstić information content (AvgIpc) is 2.77. The van der Waals surface area contributed by atoms with Gasteiger partial charge in [-0.15, -0.1) is 0 Å². The molecule has 1 aromatic carbocycles. The second-order valence-corrected chi connectivity index (χ2v) is 3.78. The first-order chi connectivity index (χ1) is 8.65. The van der Waals surface area contributed by atoms with Crippen LogP contribution in [0.25, 0.3) is 11.3 Å². The van der Waals surface area contributed by atoms with E-state index in [1.807, 2.05) is 0 Å². The number of aromatic nitrogens is 2. The van der Waals surface area contributed by atoms with Crippen molar-refractivity contribution >= 4 is 5.82 Å². The van der Waals surface area contributed by atoms with Crippen LogP contribution in [-0.2, 0) is 11.3 Å². The highest BCUT2D eigenvalue weighted by Gasteiger charge is 2.13. The normalized spacial score (nSPS) is 10.6. The molecule has 0 saturated carbocycles. The monoisotopic (exact) mass is 251 g/mol. The van der Waals surface area contributed by atoms with Gasteiger partial charge in [-0.05, 0) is 6.07 Å². The summed E-state index contributed by atoms with van der Waals surface area (Å²) in [5, 5.41) is 6.45. The molecule has 0 aliphatic rings. The van der Waals surface area contributed by atoms with Crippen LogP contribution in [0, 0.1) is 5.82 Å². The van der Waals surface area contributed by atoms with Gasteiger partial charge in [0.2, 0.25) is 0 Å². The van der Waals surface area contributed by atoms with E-state index in [0.717, 1.165) is 5.56 Å². The average molecular weight is 251 g/mol. The van der Waals surface area contributed by atoms with Crippen LogP contribution >= 0.6 is 0 Å². The number of H-pyrrole nitrogens is 1. The lowest BCUT2D eigenvalue weighted by Gasteiger charge is -2.10. The van der Waals surface area contributed by atoms with E-state index in [1.165, 1.54) is 13.2 Å². The van der Waals surface area contributed by atoms with E-state index >= 15 is 0 Å². The summed E-state index contributed by atoms with van der Waals surface area (Å²) >= 11 is 0. The quantitative estimate of drug-likeness (QED) is 0.871. The number of nitrogens with two attached hydrogens (primary N) is 1. The zero-order valence-electron chi connectivity index (χ0n) is 10.2. The van der Waals surface area contributed by atoms with Gasteiger partial charge < -0.3 is 15.2 Å². The first-order valence-electron chi connectivity index (χ1n) is 5.32. The maximum absolute atomic E-state index is 13.9. The van der Waals surface area contributed by atoms with Gasteiger partial charge in [0.25, 0.3) is 0 Å². The molecule has 0 radical (unpaired) electrons. The fraction of sp³-hybridized carbons (Fsp3) is 0.250. The molecule has 0 bridgehead atoms. The number of anilines is 1. The number of nitrogens with one attached hydrogen (secondary N) is 1. The van der Waals surface area contributed by atoms with Gasteiger partial charge in [0.1, 0.15) is 17.4 Å². The molecule has 2 rings (SSSR count). The first-order valence-corrected chi connectivity index (χ1v) is 5.32. The number of benzene rings is 1. The van der Waals surface area contributed by atoms with Gasteiger partial charge in [0, 0.05) is 30.4 Å². The second kappa shape index (κ2) is 5.05. The fourth-order valence-electron chi connectivity index (χ4n) is 1.74. The zero-order chi connectivity index (χ0) is 13.1. The van der Waals surface area contributed by atoms with Gasteiger partial charge in [0.05, 0.1) is 19.4 Å². The molecular weight excluding hydrogens is 237 g/mol. The van der Waals surface area contributed by atoms with Crippen molar-refractivity contribution in [2.24, 2.45) is 0 Å². The number of aromatic amines is 1. The SMILES string of the molecule is COCc1cc(-c2cc(N)n[nH]2)c(F)cc1OC. The van der Waals surface area contributed by atoms with E-state index in [4.69, 9.17) is 15.2 Å². The van der Waals surface area contributed by atoms with E-state index in [1.54, 1.807) is 19.2 Å². The molecule has 0 aliphatic carbocycles. The fourth-order valence-corrected chi connectivity index (χ4v) is 1.74. The summed E-state index contributed by atoms with van der Waals surface area (Å²) in [7, 11) is 3.05. The number of rotatable bonds is 4. The third-order valence-electron chi connectivity index (χ3n) is 2.56. The summed E-state index contributed by atoms with van der Waals surface area (Å²) in [4.78, 5) is 0. The summed E-state index contributed by atoms with van der Waals surface area (Å²) in [5.41, 5.74) is 7.16. The molecule has 1 aromatic heterocycles. The molecule has 2 aromatic rings. The Morgan fingerprint density at radius 2 is 2.11 bits per heavy atom. The summed E-state index contributed by atoms with van der Waals surface area (Å²) in [5.74, 6) is 0.356. The molecule has 0 aliphatic heterocycles. The lowest BCUT2D eigenvalue weighted by molar-refractivity contribution is 0.181. The van der Waals surface area contributed by atoms with Crippen LogP contribution in [0.4, 0.5) is 10.2 Å². The van der Waals surface area contributed by atoms with Crippen molar-refractivity contribution < 1.29 is 13.9 Å².